The summed E-state index contributed by atoms with van der Waals surface area (Å²) in [6.07, 6.45) is 6.12. The van der Waals surface area contributed by atoms with Gasteiger partial charge >= 0.3 is 0 Å². The summed E-state index contributed by atoms with van der Waals surface area (Å²) in [5.41, 5.74) is 0. The minimum Gasteiger partial charge on any atom is -0.354 e. The molecule has 1 rings (SSSR count). The Bertz CT molecular complexity index is 296. The largest absolute Gasteiger partial charge is 0.354 e. The Morgan fingerprint density at radius 3 is 2.72 bits per heavy atom. The molecule has 2 N–H and O–H groups in total. The molecular weight excluding hydrogens is 226 g/mol. The fourth-order valence-corrected chi connectivity index (χ4v) is 2.47. The van der Waals surface area contributed by atoms with E-state index in [-0.39, 0.29) is 23.9 Å². The lowest BCUT2D eigenvalue weighted by atomic mass is 9.96. The zero-order valence-electron chi connectivity index (χ0n) is 11.5. The van der Waals surface area contributed by atoms with Gasteiger partial charge in [0.2, 0.25) is 5.91 Å². The molecule has 0 aliphatic heterocycles. The van der Waals surface area contributed by atoms with Crippen molar-refractivity contribution >= 4 is 5.91 Å². The van der Waals surface area contributed by atoms with Crippen LogP contribution in [0.2, 0.25) is 0 Å². The lowest BCUT2D eigenvalue weighted by molar-refractivity contribution is -0.121. The molecule has 102 valence electrons. The summed E-state index contributed by atoms with van der Waals surface area (Å²) < 4.78 is 0. The van der Waals surface area contributed by atoms with Gasteiger partial charge in [0.25, 0.3) is 0 Å². The number of nitrogens with zero attached hydrogens (tertiary/aromatic N) is 1. The van der Waals surface area contributed by atoms with Crippen molar-refractivity contribution in [3.8, 4) is 6.07 Å². The number of amides is 1. The lowest BCUT2D eigenvalue weighted by Crippen LogP contribution is -2.38. The molecule has 0 heterocycles. The van der Waals surface area contributed by atoms with E-state index >= 15 is 0 Å². The molecular formula is C14H25N3O. The minimum atomic E-state index is 0.0830. The highest BCUT2D eigenvalue weighted by Gasteiger charge is 2.22. The van der Waals surface area contributed by atoms with E-state index in [2.05, 4.69) is 16.7 Å². The van der Waals surface area contributed by atoms with Gasteiger partial charge in [0.1, 0.15) is 0 Å². The van der Waals surface area contributed by atoms with E-state index in [0.29, 0.717) is 13.0 Å². The van der Waals surface area contributed by atoms with E-state index in [0.717, 1.165) is 19.3 Å². The third kappa shape index (κ3) is 5.50. The van der Waals surface area contributed by atoms with Crippen LogP contribution in [0.5, 0.6) is 0 Å². The maximum absolute atomic E-state index is 11.5. The molecule has 0 aromatic rings. The standard InChI is InChI=1S/C14H25N3O/c1-11(2)17-14(18)8-9-16-13-7-5-3-4-6-12(13)10-15/h11-13,16H,3-9H2,1-2H3,(H,17,18). The highest BCUT2D eigenvalue weighted by Crippen LogP contribution is 2.22. The van der Waals surface area contributed by atoms with E-state index in [1.807, 2.05) is 13.8 Å². The Morgan fingerprint density at radius 1 is 1.33 bits per heavy atom. The van der Waals surface area contributed by atoms with Crippen molar-refractivity contribution in [3.63, 3.8) is 0 Å². The second-order valence-electron chi connectivity index (χ2n) is 5.41. The molecule has 0 radical (unpaired) electrons. The molecule has 4 heteroatoms. The van der Waals surface area contributed by atoms with Crippen LogP contribution in [0.4, 0.5) is 0 Å². The fraction of sp³-hybridized carbons (Fsp3) is 0.857. The van der Waals surface area contributed by atoms with E-state index < -0.39 is 0 Å². The van der Waals surface area contributed by atoms with Crippen molar-refractivity contribution in [2.75, 3.05) is 6.54 Å². The first-order valence-corrected chi connectivity index (χ1v) is 7.06. The molecule has 0 saturated heterocycles. The lowest BCUT2D eigenvalue weighted by Gasteiger charge is -2.20. The van der Waals surface area contributed by atoms with Crippen molar-refractivity contribution in [2.24, 2.45) is 5.92 Å². The van der Waals surface area contributed by atoms with Gasteiger partial charge in [0, 0.05) is 25.0 Å². The molecule has 1 fully saturated rings. The zero-order chi connectivity index (χ0) is 13.4. The highest BCUT2D eigenvalue weighted by molar-refractivity contribution is 5.76. The van der Waals surface area contributed by atoms with Crippen LogP contribution in [0.25, 0.3) is 0 Å². The monoisotopic (exact) mass is 251 g/mol. The molecule has 4 nitrogen and oxygen atoms in total. The van der Waals surface area contributed by atoms with Gasteiger partial charge in [0.05, 0.1) is 12.0 Å². The van der Waals surface area contributed by atoms with Crippen LogP contribution < -0.4 is 10.6 Å². The topological polar surface area (TPSA) is 64.9 Å². The molecule has 0 aromatic heterocycles. The molecule has 2 unspecified atom stereocenters. The maximum Gasteiger partial charge on any atom is 0.221 e. The number of rotatable bonds is 5. The van der Waals surface area contributed by atoms with Gasteiger partial charge in [-0.2, -0.15) is 5.26 Å². The molecule has 0 spiro atoms. The van der Waals surface area contributed by atoms with Crippen molar-refractivity contribution in [1.82, 2.24) is 10.6 Å². The van der Waals surface area contributed by atoms with Gasteiger partial charge in [-0.05, 0) is 26.7 Å². The Morgan fingerprint density at radius 2 is 2.06 bits per heavy atom. The number of nitriles is 1. The Hall–Kier alpha value is -1.08. The van der Waals surface area contributed by atoms with E-state index in [1.165, 1.54) is 12.8 Å². The molecule has 2 atom stereocenters. The first-order valence-electron chi connectivity index (χ1n) is 7.06. The SMILES string of the molecule is CC(C)NC(=O)CCNC1CCCCCC1C#N. The predicted molar refractivity (Wildman–Crippen MR) is 71.9 cm³/mol. The Balaban J connectivity index is 2.28. The first kappa shape index (κ1) is 15.0. The Kier molecular flexibility index (Phi) is 6.74. The molecule has 0 aromatic carbocycles. The molecule has 1 aliphatic carbocycles. The second-order valence-corrected chi connectivity index (χ2v) is 5.41. The van der Waals surface area contributed by atoms with E-state index in [4.69, 9.17) is 5.26 Å². The van der Waals surface area contributed by atoms with E-state index in [1.54, 1.807) is 0 Å². The molecule has 0 bridgehead atoms. The predicted octanol–water partition coefficient (Wildman–Crippen LogP) is 1.96. The van der Waals surface area contributed by atoms with Gasteiger partial charge in [-0.3, -0.25) is 4.79 Å². The van der Waals surface area contributed by atoms with Crippen LogP contribution in [0.3, 0.4) is 0 Å². The van der Waals surface area contributed by atoms with Crippen LogP contribution in [0.1, 0.15) is 52.4 Å². The molecule has 1 saturated carbocycles. The number of hydrogen-bond donors (Lipinski definition) is 2. The normalized spacial score (nSPS) is 24.3. The summed E-state index contributed by atoms with van der Waals surface area (Å²) in [7, 11) is 0. The number of carbonyl (C=O) groups excluding carboxylic acids is 1. The Labute approximate surface area is 110 Å². The number of nitrogens with one attached hydrogen (secondary N) is 2. The van der Waals surface area contributed by atoms with Gasteiger partial charge in [0.15, 0.2) is 0 Å². The highest BCUT2D eigenvalue weighted by atomic mass is 16.1. The van der Waals surface area contributed by atoms with Crippen LogP contribution in [-0.2, 0) is 4.79 Å². The van der Waals surface area contributed by atoms with Crippen molar-refractivity contribution in [2.45, 2.75) is 64.5 Å². The molecule has 1 aliphatic rings. The van der Waals surface area contributed by atoms with Gasteiger partial charge < -0.3 is 10.6 Å². The van der Waals surface area contributed by atoms with E-state index in [9.17, 15) is 4.79 Å². The summed E-state index contributed by atoms with van der Waals surface area (Å²) in [6.45, 7) is 4.59. The summed E-state index contributed by atoms with van der Waals surface area (Å²) in [5.74, 6) is 0.195. The van der Waals surface area contributed by atoms with Crippen LogP contribution in [0, 0.1) is 17.2 Å². The third-order valence-electron chi connectivity index (χ3n) is 3.39. The smallest absolute Gasteiger partial charge is 0.221 e. The van der Waals surface area contributed by atoms with Crippen molar-refractivity contribution < 1.29 is 4.79 Å². The minimum absolute atomic E-state index is 0.0830. The molecule has 18 heavy (non-hydrogen) atoms. The quantitative estimate of drug-likeness (QED) is 0.734. The average molecular weight is 251 g/mol. The summed E-state index contributed by atoms with van der Waals surface area (Å²) in [4.78, 5) is 11.5. The summed E-state index contributed by atoms with van der Waals surface area (Å²) in [6, 6.07) is 2.87. The summed E-state index contributed by atoms with van der Waals surface area (Å²) in [5, 5.41) is 15.4. The van der Waals surface area contributed by atoms with Crippen LogP contribution in [-0.4, -0.2) is 24.5 Å². The summed E-state index contributed by atoms with van der Waals surface area (Å²) >= 11 is 0. The van der Waals surface area contributed by atoms with Crippen LogP contribution >= 0.6 is 0 Å². The number of carbonyl (C=O) groups is 1. The van der Waals surface area contributed by atoms with Crippen molar-refractivity contribution in [3.05, 3.63) is 0 Å². The first-order chi connectivity index (χ1) is 8.63. The van der Waals surface area contributed by atoms with Gasteiger partial charge in [-0.1, -0.05) is 19.3 Å². The van der Waals surface area contributed by atoms with Gasteiger partial charge in [-0.15, -0.1) is 0 Å². The second kappa shape index (κ2) is 8.10. The maximum atomic E-state index is 11.5. The van der Waals surface area contributed by atoms with Gasteiger partial charge in [-0.25, -0.2) is 0 Å². The molecule has 1 amide bonds. The number of hydrogen-bond acceptors (Lipinski definition) is 3. The fourth-order valence-electron chi connectivity index (χ4n) is 2.47. The average Bonchev–Trinajstić information content (AvgIpc) is 2.53. The third-order valence-corrected chi connectivity index (χ3v) is 3.39. The van der Waals surface area contributed by atoms with Crippen LogP contribution in [0.15, 0.2) is 0 Å². The zero-order valence-corrected chi connectivity index (χ0v) is 11.5. The van der Waals surface area contributed by atoms with Crippen molar-refractivity contribution in [1.29, 1.82) is 5.26 Å².